The Morgan fingerprint density at radius 2 is 1.85 bits per heavy atom. The van der Waals surface area contributed by atoms with E-state index in [1.54, 1.807) is 11.8 Å². The van der Waals surface area contributed by atoms with Crippen molar-refractivity contribution in [1.82, 2.24) is 0 Å². The van der Waals surface area contributed by atoms with E-state index < -0.39 is 0 Å². The van der Waals surface area contributed by atoms with E-state index in [1.165, 1.54) is 21.7 Å². The summed E-state index contributed by atoms with van der Waals surface area (Å²) in [5.74, 6) is 0. The van der Waals surface area contributed by atoms with Crippen molar-refractivity contribution in [3.8, 4) is 0 Å². The highest BCUT2D eigenvalue weighted by atomic mass is 35.5. The number of thioether (sulfide) groups is 1. The molecule has 0 aromatic heterocycles. The molecule has 2 aromatic carbocycles. The van der Waals surface area contributed by atoms with Crippen LogP contribution in [0.25, 0.3) is 0 Å². The molecule has 0 radical (unpaired) electrons. The van der Waals surface area contributed by atoms with Gasteiger partial charge < -0.3 is 10.6 Å². The maximum atomic E-state index is 5.92. The Bertz CT molecular complexity index is 569. The largest absolute Gasteiger partial charge is 0.370 e. The van der Waals surface area contributed by atoms with Crippen LogP contribution in [-0.4, -0.2) is 13.3 Å². The Labute approximate surface area is 129 Å². The summed E-state index contributed by atoms with van der Waals surface area (Å²) in [5.41, 5.74) is 9.55. The highest BCUT2D eigenvalue weighted by molar-refractivity contribution is 7.98. The van der Waals surface area contributed by atoms with Crippen LogP contribution < -0.4 is 10.6 Å². The van der Waals surface area contributed by atoms with E-state index in [9.17, 15) is 0 Å². The minimum absolute atomic E-state index is 0.553. The van der Waals surface area contributed by atoms with Gasteiger partial charge >= 0.3 is 0 Å². The summed E-state index contributed by atoms with van der Waals surface area (Å²) in [6.07, 6.45) is 2.08. The van der Waals surface area contributed by atoms with Gasteiger partial charge in [0.2, 0.25) is 0 Å². The topological polar surface area (TPSA) is 29.3 Å². The first-order valence-corrected chi connectivity index (χ1v) is 8.07. The molecule has 2 nitrogen and oxygen atoms in total. The summed E-state index contributed by atoms with van der Waals surface area (Å²) in [4.78, 5) is 3.47. The van der Waals surface area contributed by atoms with Crippen molar-refractivity contribution in [3.05, 3.63) is 58.6 Å². The molecule has 20 heavy (non-hydrogen) atoms. The summed E-state index contributed by atoms with van der Waals surface area (Å²) in [5, 5.41) is 0.767. The zero-order valence-corrected chi connectivity index (χ0v) is 13.3. The molecular formula is C16H19ClN2S. The lowest BCUT2D eigenvalue weighted by Gasteiger charge is -2.23. The second kappa shape index (κ2) is 7.02. The fourth-order valence-electron chi connectivity index (χ4n) is 2.26. The number of nitrogens with zero attached hydrogens (tertiary/aromatic N) is 1. The lowest BCUT2D eigenvalue weighted by molar-refractivity contribution is 0.894. The normalized spacial score (nSPS) is 10.6. The number of hydrogen-bond acceptors (Lipinski definition) is 3. The van der Waals surface area contributed by atoms with Crippen LogP contribution in [0.2, 0.25) is 5.02 Å². The van der Waals surface area contributed by atoms with Gasteiger partial charge in [-0.2, -0.15) is 0 Å². The Balaban J connectivity index is 2.24. The van der Waals surface area contributed by atoms with Gasteiger partial charge in [-0.1, -0.05) is 29.8 Å². The van der Waals surface area contributed by atoms with Crippen LogP contribution in [0.5, 0.6) is 0 Å². The lowest BCUT2D eigenvalue weighted by atomic mass is 10.1. The predicted molar refractivity (Wildman–Crippen MR) is 89.7 cm³/mol. The first-order chi connectivity index (χ1) is 9.65. The van der Waals surface area contributed by atoms with Crippen LogP contribution in [0, 0.1) is 0 Å². The predicted octanol–water partition coefficient (Wildman–Crippen LogP) is 4.16. The molecule has 0 saturated carbocycles. The molecule has 2 rings (SSSR count). The van der Waals surface area contributed by atoms with Crippen LogP contribution in [0.15, 0.2) is 47.4 Å². The number of anilines is 1. The zero-order valence-electron chi connectivity index (χ0n) is 11.8. The molecule has 0 amide bonds. The van der Waals surface area contributed by atoms with E-state index in [0.717, 1.165) is 11.6 Å². The van der Waals surface area contributed by atoms with Gasteiger partial charge in [-0.05, 0) is 36.1 Å². The van der Waals surface area contributed by atoms with Crippen LogP contribution in [0.3, 0.4) is 0 Å². The lowest BCUT2D eigenvalue weighted by Crippen LogP contribution is -2.19. The quantitative estimate of drug-likeness (QED) is 0.841. The van der Waals surface area contributed by atoms with Gasteiger partial charge in [0, 0.05) is 41.3 Å². The van der Waals surface area contributed by atoms with Crippen LogP contribution in [0.1, 0.15) is 11.1 Å². The number of benzene rings is 2. The van der Waals surface area contributed by atoms with Crippen LogP contribution in [-0.2, 0) is 13.1 Å². The summed E-state index contributed by atoms with van der Waals surface area (Å²) in [6.45, 7) is 1.39. The molecule has 0 heterocycles. The Kier molecular flexibility index (Phi) is 5.35. The molecule has 2 aromatic rings. The third-order valence-corrected chi connectivity index (χ3v) is 4.35. The highest BCUT2D eigenvalue weighted by Crippen LogP contribution is 2.29. The molecule has 2 N–H and O–H groups in total. The molecule has 0 saturated heterocycles. The summed E-state index contributed by atoms with van der Waals surface area (Å²) in [7, 11) is 2.09. The van der Waals surface area contributed by atoms with Gasteiger partial charge in [0.15, 0.2) is 0 Å². The van der Waals surface area contributed by atoms with Crippen molar-refractivity contribution in [1.29, 1.82) is 0 Å². The van der Waals surface area contributed by atoms with Gasteiger partial charge in [0.1, 0.15) is 0 Å². The number of rotatable bonds is 5. The van der Waals surface area contributed by atoms with Crippen molar-refractivity contribution in [2.45, 2.75) is 18.0 Å². The summed E-state index contributed by atoms with van der Waals surface area (Å²) >= 11 is 7.66. The number of nitrogens with two attached hydrogens (primary N) is 1. The number of hydrogen-bond donors (Lipinski definition) is 1. The monoisotopic (exact) mass is 306 g/mol. The standard InChI is InChI=1S/C16H19ClN2S/c1-19(11-12-6-8-13(17)9-7-12)15-4-3-5-16(20-2)14(15)10-18/h3-9H,10-11,18H2,1-2H3. The van der Waals surface area contributed by atoms with Crippen molar-refractivity contribution < 1.29 is 0 Å². The van der Waals surface area contributed by atoms with Crippen LogP contribution >= 0.6 is 23.4 Å². The third kappa shape index (κ3) is 3.48. The molecular weight excluding hydrogens is 288 g/mol. The minimum atomic E-state index is 0.553. The zero-order chi connectivity index (χ0) is 14.5. The van der Waals surface area contributed by atoms with Gasteiger partial charge in [-0.25, -0.2) is 0 Å². The molecule has 0 bridgehead atoms. The Morgan fingerprint density at radius 1 is 1.15 bits per heavy atom. The van der Waals surface area contributed by atoms with Gasteiger partial charge in [0.25, 0.3) is 0 Å². The molecule has 0 spiro atoms. The van der Waals surface area contributed by atoms with E-state index in [4.69, 9.17) is 17.3 Å². The molecule has 0 aliphatic carbocycles. The number of halogens is 1. The Hall–Kier alpha value is -1.16. The molecule has 0 unspecified atom stereocenters. The minimum Gasteiger partial charge on any atom is -0.370 e. The van der Waals surface area contributed by atoms with E-state index in [-0.39, 0.29) is 0 Å². The van der Waals surface area contributed by atoms with Gasteiger partial charge in [-0.15, -0.1) is 11.8 Å². The fourth-order valence-corrected chi connectivity index (χ4v) is 3.03. The van der Waals surface area contributed by atoms with Gasteiger partial charge in [0.05, 0.1) is 0 Å². The third-order valence-electron chi connectivity index (χ3n) is 3.28. The second-order valence-corrected chi connectivity index (χ2v) is 5.93. The van der Waals surface area contributed by atoms with Crippen molar-refractivity contribution in [3.63, 3.8) is 0 Å². The van der Waals surface area contributed by atoms with E-state index >= 15 is 0 Å². The highest BCUT2D eigenvalue weighted by Gasteiger charge is 2.10. The Morgan fingerprint density at radius 3 is 2.45 bits per heavy atom. The first kappa shape index (κ1) is 15.2. The molecule has 4 heteroatoms. The molecule has 0 atom stereocenters. The molecule has 0 fully saturated rings. The SMILES string of the molecule is CSc1cccc(N(C)Cc2ccc(Cl)cc2)c1CN. The summed E-state index contributed by atoms with van der Waals surface area (Å²) in [6, 6.07) is 14.3. The van der Waals surface area contributed by atoms with Crippen molar-refractivity contribution >= 4 is 29.1 Å². The average molecular weight is 307 g/mol. The van der Waals surface area contributed by atoms with Crippen molar-refractivity contribution in [2.75, 3.05) is 18.2 Å². The first-order valence-electron chi connectivity index (χ1n) is 6.47. The smallest absolute Gasteiger partial charge is 0.0426 e. The average Bonchev–Trinajstić information content (AvgIpc) is 2.48. The molecule has 0 aliphatic heterocycles. The maximum absolute atomic E-state index is 5.92. The summed E-state index contributed by atoms with van der Waals surface area (Å²) < 4.78 is 0. The fraction of sp³-hybridized carbons (Fsp3) is 0.250. The molecule has 0 aliphatic rings. The van der Waals surface area contributed by atoms with E-state index in [0.29, 0.717) is 6.54 Å². The second-order valence-electron chi connectivity index (χ2n) is 4.64. The molecule has 106 valence electrons. The van der Waals surface area contributed by atoms with Crippen molar-refractivity contribution in [2.24, 2.45) is 5.73 Å². The maximum Gasteiger partial charge on any atom is 0.0426 e. The van der Waals surface area contributed by atoms with Gasteiger partial charge in [-0.3, -0.25) is 0 Å². The van der Waals surface area contributed by atoms with Crippen LogP contribution in [0.4, 0.5) is 5.69 Å². The van der Waals surface area contributed by atoms with E-state index in [2.05, 4.69) is 48.5 Å². The van der Waals surface area contributed by atoms with E-state index in [1.807, 2.05) is 12.1 Å².